The van der Waals surface area contributed by atoms with Crippen LogP contribution in [0.25, 0.3) is 0 Å². The van der Waals surface area contributed by atoms with Gasteiger partial charge in [-0.3, -0.25) is 4.79 Å². The Hall–Kier alpha value is -2.73. The average molecular weight is 397 g/mol. The Labute approximate surface area is 171 Å². The van der Waals surface area contributed by atoms with E-state index in [0.29, 0.717) is 38.2 Å². The average Bonchev–Trinajstić information content (AvgIpc) is 3.04. The van der Waals surface area contributed by atoms with Gasteiger partial charge in [-0.25, -0.2) is 0 Å². The first-order valence-corrected chi connectivity index (χ1v) is 10.5. The number of rotatable bonds is 6. The van der Waals surface area contributed by atoms with Crippen LogP contribution in [0, 0.1) is 0 Å². The summed E-state index contributed by atoms with van der Waals surface area (Å²) in [7, 11) is 0. The topological polar surface area (TPSA) is 61.2 Å². The minimum Gasteiger partial charge on any atom is -0.492 e. The zero-order valence-corrected chi connectivity index (χ0v) is 16.9. The maximum atomic E-state index is 12.7. The molecule has 2 aliphatic rings. The SMILES string of the molecule is CCOc1ccccc1NC(=O)C[NH+]1CCC[C@H]1c1ccc2c(c1)OCCCO2. The standard InChI is InChI=1S/C23H28N2O4/c1-2-27-20-9-4-3-7-18(20)24-23(26)16-25-12-5-8-19(25)17-10-11-21-22(15-17)29-14-6-13-28-21/h3-4,7,9-11,15,19H,2,5-6,8,12-14,16H2,1H3,(H,24,26)/p+1/t19-/m0/s1. The molecule has 0 aromatic heterocycles. The summed E-state index contributed by atoms with van der Waals surface area (Å²) in [5.41, 5.74) is 1.94. The second kappa shape index (κ2) is 9.18. The molecule has 2 N–H and O–H groups in total. The number of hydrogen-bond acceptors (Lipinski definition) is 4. The predicted octanol–water partition coefficient (Wildman–Crippen LogP) is 2.61. The number of amides is 1. The molecule has 6 heteroatoms. The number of ether oxygens (including phenoxy) is 3. The lowest BCUT2D eigenvalue weighted by Gasteiger charge is -2.22. The van der Waals surface area contributed by atoms with Crippen molar-refractivity contribution in [2.45, 2.75) is 32.2 Å². The Morgan fingerprint density at radius 2 is 1.97 bits per heavy atom. The van der Waals surface area contributed by atoms with Gasteiger partial charge in [0.15, 0.2) is 18.0 Å². The van der Waals surface area contributed by atoms with Gasteiger partial charge in [0.2, 0.25) is 0 Å². The van der Waals surface area contributed by atoms with Gasteiger partial charge in [0.05, 0.1) is 32.1 Å². The van der Waals surface area contributed by atoms with E-state index in [1.54, 1.807) is 0 Å². The minimum absolute atomic E-state index is 0.00777. The molecule has 29 heavy (non-hydrogen) atoms. The van der Waals surface area contributed by atoms with Gasteiger partial charge in [0.1, 0.15) is 11.8 Å². The number of para-hydroxylation sites is 2. The summed E-state index contributed by atoms with van der Waals surface area (Å²) in [6.45, 7) is 5.29. The van der Waals surface area contributed by atoms with Crippen LogP contribution in [0.1, 0.15) is 37.8 Å². The summed E-state index contributed by atoms with van der Waals surface area (Å²) < 4.78 is 17.2. The van der Waals surface area contributed by atoms with E-state index >= 15 is 0 Å². The second-order valence-corrected chi connectivity index (χ2v) is 7.51. The molecule has 154 valence electrons. The lowest BCUT2D eigenvalue weighted by Crippen LogP contribution is -3.11. The number of nitrogens with one attached hydrogen (secondary N) is 2. The van der Waals surface area contributed by atoms with Gasteiger partial charge in [0, 0.05) is 24.8 Å². The van der Waals surface area contributed by atoms with Gasteiger partial charge < -0.3 is 24.4 Å². The zero-order valence-electron chi connectivity index (χ0n) is 16.9. The summed E-state index contributed by atoms with van der Waals surface area (Å²) in [5, 5.41) is 3.02. The number of hydrogen-bond donors (Lipinski definition) is 2. The molecular formula is C23H29N2O4+. The molecule has 0 bridgehead atoms. The van der Waals surface area contributed by atoms with E-state index in [-0.39, 0.29) is 5.91 Å². The Kier molecular flexibility index (Phi) is 6.20. The molecule has 2 aromatic rings. The van der Waals surface area contributed by atoms with Crippen LogP contribution < -0.4 is 24.4 Å². The van der Waals surface area contributed by atoms with Crippen molar-refractivity contribution in [2.24, 2.45) is 0 Å². The highest BCUT2D eigenvalue weighted by Crippen LogP contribution is 2.33. The number of carbonyl (C=O) groups is 1. The summed E-state index contributed by atoms with van der Waals surface area (Å²) in [6.07, 6.45) is 3.07. The maximum Gasteiger partial charge on any atom is 0.279 e. The highest BCUT2D eigenvalue weighted by Gasteiger charge is 2.32. The molecule has 2 aromatic carbocycles. The van der Waals surface area contributed by atoms with Gasteiger partial charge >= 0.3 is 0 Å². The molecule has 0 aliphatic carbocycles. The molecular weight excluding hydrogens is 368 g/mol. The first kappa shape index (κ1) is 19.6. The molecule has 0 saturated carbocycles. The number of carbonyl (C=O) groups excluding carboxylic acids is 1. The summed E-state index contributed by atoms with van der Waals surface area (Å²) in [5.74, 6) is 2.35. The fraction of sp³-hybridized carbons (Fsp3) is 0.435. The van der Waals surface area contributed by atoms with Crippen LogP contribution in [-0.4, -0.2) is 38.8 Å². The second-order valence-electron chi connectivity index (χ2n) is 7.51. The Morgan fingerprint density at radius 3 is 2.83 bits per heavy atom. The smallest absolute Gasteiger partial charge is 0.279 e. The quantitative estimate of drug-likeness (QED) is 0.787. The fourth-order valence-corrected chi connectivity index (χ4v) is 4.17. The monoisotopic (exact) mass is 397 g/mol. The molecule has 2 aliphatic heterocycles. The number of benzene rings is 2. The van der Waals surface area contributed by atoms with Crippen LogP contribution in [0.2, 0.25) is 0 Å². The summed E-state index contributed by atoms with van der Waals surface area (Å²) in [4.78, 5) is 14.0. The molecule has 1 saturated heterocycles. The van der Waals surface area contributed by atoms with Crippen molar-refractivity contribution in [3.63, 3.8) is 0 Å². The first-order chi connectivity index (χ1) is 14.2. The normalized spacial score (nSPS) is 20.7. The number of likely N-dealkylation sites (tertiary alicyclic amines) is 1. The maximum absolute atomic E-state index is 12.7. The third-order valence-electron chi connectivity index (χ3n) is 5.51. The number of fused-ring (bicyclic) bond motifs is 1. The molecule has 4 rings (SSSR count). The van der Waals surface area contributed by atoms with Crippen molar-refractivity contribution in [2.75, 3.05) is 38.2 Å². The molecule has 0 spiro atoms. The van der Waals surface area contributed by atoms with E-state index in [1.807, 2.05) is 37.3 Å². The van der Waals surface area contributed by atoms with Gasteiger partial charge in [-0.05, 0) is 37.3 Å². The first-order valence-electron chi connectivity index (χ1n) is 10.5. The Bertz CT molecular complexity index is 855. The molecule has 2 atom stereocenters. The number of anilines is 1. The van der Waals surface area contributed by atoms with E-state index in [9.17, 15) is 4.79 Å². The lowest BCUT2D eigenvalue weighted by atomic mass is 10.0. The number of quaternary nitrogens is 1. The molecule has 1 amide bonds. The van der Waals surface area contributed by atoms with Crippen molar-refractivity contribution in [1.82, 2.24) is 0 Å². The van der Waals surface area contributed by atoms with E-state index in [1.165, 1.54) is 10.5 Å². The fourth-order valence-electron chi connectivity index (χ4n) is 4.17. The highest BCUT2D eigenvalue weighted by molar-refractivity contribution is 5.92. The van der Waals surface area contributed by atoms with Gasteiger partial charge in [-0.1, -0.05) is 12.1 Å². The van der Waals surface area contributed by atoms with Crippen molar-refractivity contribution < 1.29 is 23.9 Å². The Balaban J connectivity index is 1.44. The van der Waals surface area contributed by atoms with Crippen LogP contribution in [0.5, 0.6) is 17.2 Å². The van der Waals surface area contributed by atoms with Gasteiger partial charge in [-0.2, -0.15) is 0 Å². The minimum atomic E-state index is 0.00777. The summed E-state index contributed by atoms with van der Waals surface area (Å²) in [6, 6.07) is 14.1. The zero-order chi connectivity index (χ0) is 20.1. The van der Waals surface area contributed by atoms with E-state index < -0.39 is 0 Å². The molecule has 1 unspecified atom stereocenters. The van der Waals surface area contributed by atoms with Gasteiger partial charge in [-0.15, -0.1) is 0 Å². The van der Waals surface area contributed by atoms with Crippen molar-refractivity contribution in [1.29, 1.82) is 0 Å². The van der Waals surface area contributed by atoms with Crippen LogP contribution in [0.3, 0.4) is 0 Å². The molecule has 0 radical (unpaired) electrons. The van der Waals surface area contributed by atoms with E-state index in [2.05, 4.69) is 17.4 Å². The largest absolute Gasteiger partial charge is 0.492 e. The molecule has 1 fully saturated rings. The van der Waals surface area contributed by atoms with Crippen molar-refractivity contribution >= 4 is 11.6 Å². The predicted molar refractivity (Wildman–Crippen MR) is 111 cm³/mol. The molecule has 6 nitrogen and oxygen atoms in total. The summed E-state index contributed by atoms with van der Waals surface area (Å²) >= 11 is 0. The highest BCUT2D eigenvalue weighted by atomic mass is 16.5. The van der Waals surface area contributed by atoms with Crippen LogP contribution in [-0.2, 0) is 4.79 Å². The lowest BCUT2D eigenvalue weighted by molar-refractivity contribution is -0.910. The van der Waals surface area contributed by atoms with E-state index in [0.717, 1.165) is 43.0 Å². The third kappa shape index (κ3) is 4.65. The van der Waals surface area contributed by atoms with Gasteiger partial charge in [0.25, 0.3) is 5.91 Å². The third-order valence-corrected chi connectivity index (χ3v) is 5.51. The van der Waals surface area contributed by atoms with E-state index in [4.69, 9.17) is 14.2 Å². The van der Waals surface area contributed by atoms with Crippen LogP contribution >= 0.6 is 0 Å². The van der Waals surface area contributed by atoms with Crippen molar-refractivity contribution in [3.8, 4) is 17.2 Å². The Morgan fingerprint density at radius 1 is 1.14 bits per heavy atom. The van der Waals surface area contributed by atoms with Crippen LogP contribution in [0.4, 0.5) is 5.69 Å². The van der Waals surface area contributed by atoms with Crippen LogP contribution in [0.15, 0.2) is 42.5 Å². The van der Waals surface area contributed by atoms with Crippen molar-refractivity contribution in [3.05, 3.63) is 48.0 Å². The molecule has 2 heterocycles.